The van der Waals surface area contributed by atoms with Gasteiger partial charge in [-0.05, 0) is 30.2 Å². The molecule has 3 atom stereocenters. The Kier molecular flexibility index (Phi) is 4.25. The zero-order chi connectivity index (χ0) is 16.4. The van der Waals surface area contributed by atoms with Gasteiger partial charge in [0.1, 0.15) is 11.6 Å². The van der Waals surface area contributed by atoms with Crippen LogP contribution in [-0.2, 0) is 4.79 Å². The second-order valence-electron chi connectivity index (χ2n) is 5.58. The summed E-state index contributed by atoms with van der Waals surface area (Å²) in [5.74, 6) is -1.07. The number of carbonyl (C=O) groups excluding carboxylic acids is 1. The third-order valence-corrected chi connectivity index (χ3v) is 4.23. The summed E-state index contributed by atoms with van der Waals surface area (Å²) in [4.78, 5) is 16.2. The molecule has 0 bridgehead atoms. The van der Waals surface area contributed by atoms with E-state index in [9.17, 15) is 9.18 Å². The SMILES string of the molecule is CCNc1ccc([C@H]2[C@H](C(=O)NO)[C@@H]2c2ccccc2F)cn1. The predicted molar refractivity (Wildman–Crippen MR) is 83.7 cm³/mol. The number of nitrogens with zero attached hydrogens (tertiary/aromatic N) is 1. The molecular formula is C17H18FN3O2. The van der Waals surface area contributed by atoms with Gasteiger partial charge >= 0.3 is 0 Å². The minimum Gasteiger partial charge on any atom is -0.370 e. The first kappa shape index (κ1) is 15.4. The molecule has 120 valence electrons. The third kappa shape index (κ3) is 2.90. The average molecular weight is 315 g/mol. The maximum Gasteiger partial charge on any atom is 0.247 e. The highest BCUT2D eigenvalue weighted by Crippen LogP contribution is 2.60. The molecule has 2 aromatic rings. The van der Waals surface area contributed by atoms with Crippen LogP contribution >= 0.6 is 0 Å². The van der Waals surface area contributed by atoms with Crippen molar-refractivity contribution in [3.63, 3.8) is 0 Å². The van der Waals surface area contributed by atoms with Crippen molar-refractivity contribution in [1.82, 2.24) is 10.5 Å². The largest absolute Gasteiger partial charge is 0.370 e. The summed E-state index contributed by atoms with van der Waals surface area (Å²) in [7, 11) is 0. The molecule has 1 fully saturated rings. The fraction of sp³-hybridized carbons (Fsp3) is 0.294. The predicted octanol–water partition coefficient (Wildman–Crippen LogP) is 2.66. The highest BCUT2D eigenvalue weighted by Gasteiger charge is 2.57. The molecular weight excluding hydrogens is 297 g/mol. The Morgan fingerprint density at radius 3 is 2.65 bits per heavy atom. The van der Waals surface area contributed by atoms with E-state index in [-0.39, 0.29) is 17.7 Å². The molecule has 0 saturated heterocycles. The Bertz CT molecular complexity index is 705. The Balaban J connectivity index is 1.90. The number of rotatable bonds is 5. The fourth-order valence-corrected chi connectivity index (χ4v) is 3.15. The molecule has 3 N–H and O–H groups in total. The maximum absolute atomic E-state index is 14.1. The molecule has 23 heavy (non-hydrogen) atoms. The van der Waals surface area contributed by atoms with Crippen LogP contribution in [0.15, 0.2) is 42.6 Å². The highest BCUT2D eigenvalue weighted by atomic mass is 19.1. The molecule has 0 spiro atoms. The topological polar surface area (TPSA) is 74.2 Å². The summed E-state index contributed by atoms with van der Waals surface area (Å²) >= 11 is 0. The number of benzene rings is 1. The lowest BCUT2D eigenvalue weighted by Crippen LogP contribution is -2.21. The van der Waals surface area contributed by atoms with Crippen molar-refractivity contribution in [3.8, 4) is 0 Å². The Morgan fingerprint density at radius 1 is 1.26 bits per heavy atom. The van der Waals surface area contributed by atoms with E-state index in [4.69, 9.17) is 5.21 Å². The zero-order valence-corrected chi connectivity index (χ0v) is 12.7. The Labute approximate surface area is 133 Å². The molecule has 1 saturated carbocycles. The van der Waals surface area contributed by atoms with Crippen molar-refractivity contribution >= 4 is 11.7 Å². The molecule has 0 unspecified atom stereocenters. The number of hydrogen-bond acceptors (Lipinski definition) is 4. The van der Waals surface area contributed by atoms with Gasteiger partial charge < -0.3 is 5.32 Å². The average Bonchev–Trinajstić information content (AvgIpc) is 3.31. The van der Waals surface area contributed by atoms with Crippen molar-refractivity contribution in [2.75, 3.05) is 11.9 Å². The van der Waals surface area contributed by atoms with Gasteiger partial charge in [-0.3, -0.25) is 10.0 Å². The van der Waals surface area contributed by atoms with Crippen molar-refractivity contribution in [3.05, 3.63) is 59.5 Å². The van der Waals surface area contributed by atoms with Crippen LogP contribution in [0.5, 0.6) is 0 Å². The monoisotopic (exact) mass is 315 g/mol. The van der Waals surface area contributed by atoms with Crippen LogP contribution in [0, 0.1) is 11.7 Å². The molecule has 1 aliphatic carbocycles. The Morgan fingerprint density at radius 2 is 2.04 bits per heavy atom. The number of pyridine rings is 1. The molecule has 1 heterocycles. The second kappa shape index (κ2) is 6.34. The summed E-state index contributed by atoms with van der Waals surface area (Å²) in [6, 6.07) is 10.1. The summed E-state index contributed by atoms with van der Waals surface area (Å²) in [5, 5.41) is 12.0. The van der Waals surface area contributed by atoms with Gasteiger partial charge in [-0.1, -0.05) is 24.3 Å². The van der Waals surface area contributed by atoms with Crippen molar-refractivity contribution in [1.29, 1.82) is 0 Å². The smallest absolute Gasteiger partial charge is 0.247 e. The van der Waals surface area contributed by atoms with Crippen LogP contribution in [0.4, 0.5) is 10.2 Å². The van der Waals surface area contributed by atoms with Gasteiger partial charge in [-0.2, -0.15) is 0 Å². The molecule has 0 aliphatic heterocycles. The highest BCUT2D eigenvalue weighted by molar-refractivity contribution is 5.84. The van der Waals surface area contributed by atoms with Crippen molar-refractivity contribution in [2.24, 2.45) is 5.92 Å². The van der Waals surface area contributed by atoms with Crippen LogP contribution < -0.4 is 10.8 Å². The lowest BCUT2D eigenvalue weighted by Gasteiger charge is -2.04. The van der Waals surface area contributed by atoms with E-state index < -0.39 is 11.8 Å². The van der Waals surface area contributed by atoms with E-state index in [1.807, 2.05) is 19.1 Å². The number of nitrogens with one attached hydrogen (secondary N) is 2. The maximum atomic E-state index is 14.1. The first-order valence-corrected chi connectivity index (χ1v) is 7.55. The van der Waals surface area contributed by atoms with E-state index in [0.29, 0.717) is 5.56 Å². The van der Waals surface area contributed by atoms with E-state index in [1.165, 1.54) is 6.07 Å². The number of carbonyl (C=O) groups is 1. The third-order valence-electron chi connectivity index (χ3n) is 4.23. The zero-order valence-electron chi connectivity index (χ0n) is 12.7. The van der Waals surface area contributed by atoms with Crippen LogP contribution in [0.25, 0.3) is 0 Å². The second-order valence-corrected chi connectivity index (χ2v) is 5.58. The number of aromatic nitrogens is 1. The van der Waals surface area contributed by atoms with Gasteiger partial charge in [-0.25, -0.2) is 14.9 Å². The van der Waals surface area contributed by atoms with E-state index >= 15 is 0 Å². The van der Waals surface area contributed by atoms with Crippen LogP contribution in [-0.4, -0.2) is 22.6 Å². The van der Waals surface area contributed by atoms with Crippen molar-refractivity contribution in [2.45, 2.75) is 18.8 Å². The van der Waals surface area contributed by atoms with E-state index in [0.717, 1.165) is 17.9 Å². The van der Waals surface area contributed by atoms with Gasteiger partial charge in [0.05, 0.1) is 5.92 Å². The van der Waals surface area contributed by atoms with Gasteiger partial charge in [0.2, 0.25) is 5.91 Å². The van der Waals surface area contributed by atoms with E-state index in [2.05, 4.69) is 10.3 Å². The van der Waals surface area contributed by atoms with Gasteiger partial charge in [0.15, 0.2) is 0 Å². The normalized spacial score (nSPS) is 22.5. The lowest BCUT2D eigenvalue weighted by atomic mass is 10.1. The molecule has 1 amide bonds. The minimum atomic E-state index is -0.501. The number of hydrogen-bond donors (Lipinski definition) is 3. The molecule has 6 heteroatoms. The Hall–Kier alpha value is -2.47. The first-order chi connectivity index (χ1) is 11.2. The standard InChI is InChI=1S/C17H18FN3O2/c1-2-19-13-8-7-10(9-20-13)14-15(16(14)17(22)21-23)11-5-3-4-6-12(11)18/h3-9,14-16,23H,2H2,1H3,(H,19,20)(H,21,22)/t14-,15-,16+/m1/s1. The molecule has 1 aromatic carbocycles. The fourth-order valence-electron chi connectivity index (χ4n) is 3.15. The molecule has 1 aromatic heterocycles. The van der Waals surface area contributed by atoms with Crippen LogP contribution in [0.1, 0.15) is 29.9 Å². The number of halogens is 1. The summed E-state index contributed by atoms with van der Waals surface area (Å²) in [6.45, 7) is 2.75. The minimum absolute atomic E-state index is 0.192. The van der Waals surface area contributed by atoms with Gasteiger partial charge in [0, 0.05) is 24.6 Å². The number of anilines is 1. The van der Waals surface area contributed by atoms with Gasteiger partial charge in [-0.15, -0.1) is 0 Å². The molecule has 5 nitrogen and oxygen atoms in total. The van der Waals surface area contributed by atoms with Gasteiger partial charge in [0.25, 0.3) is 0 Å². The number of amides is 1. The van der Waals surface area contributed by atoms with Crippen LogP contribution in [0.2, 0.25) is 0 Å². The van der Waals surface area contributed by atoms with Crippen molar-refractivity contribution < 1.29 is 14.4 Å². The lowest BCUT2D eigenvalue weighted by molar-refractivity contribution is -0.130. The molecule has 0 radical (unpaired) electrons. The molecule has 1 aliphatic rings. The summed E-state index contributed by atoms with van der Waals surface area (Å²) in [6.07, 6.45) is 1.70. The van der Waals surface area contributed by atoms with E-state index in [1.54, 1.807) is 29.9 Å². The molecule has 3 rings (SSSR count). The first-order valence-electron chi connectivity index (χ1n) is 7.55. The number of hydroxylamine groups is 1. The quantitative estimate of drug-likeness (QED) is 0.586. The summed E-state index contributed by atoms with van der Waals surface area (Å²) < 4.78 is 14.1. The summed E-state index contributed by atoms with van der Waals surface area (Å²) in [5.41, 5.74) is 3.03. The van der Waals surface area contributed by atoms with Crippen LogP contribution in [0.3, 0.4) is 0 Å².